The van der Waals surface area contributed by atoms with Gasteiger partial charge in [0.05, 0.1) is 0 Å². The average Bonchev–Trinajstić information content (AvgIpc) is 2.36. The van der Waals surface area contributed by atoms with E-state index in [1.54, 1.807) is 6.07 Å². The van der Waals surface area contributed by atoms with Gasteiger partial charge in [0.1, 0.15) is 5.82 Å². The number of rotatable bonds is 3. The molecule has 0 heterocycles. The Morgan fingerprint density at radius 1 is 1.39 bits per heavy atom. The molecular weight excluding hydrogens is 249 g/mol. The largest absolute Gasteiger partial charge is 0.330 e. The van der Waals surface area contributed by atoms with Gasteiger partial charge in [-0.1, -0.05) is 37.4 Å². The Morgan fingerprint density at radius 2 is 2.06 bits per heavy atom. The summed E-state index contributed by atoms with van der Waals surface area (Å²) in [7, 11) is 0. The van der Waals surface area contributed by atoms with Gasteiger partial charge in [-0.05, 0) is 54.8 Å². The van der Waals surface area contributed by atoms with Crippen molar-refractivity contribution in [1.82, 2.24) is 0 Å². The summed E-state index contributed by atoms with van der Waals surface area (Å²) < 4.78 is 13.0. The van der Waals surface area contributed by atoms with Gasteiger partial charge in [-0.25, -0.2) is 4.39 Å². The molecule has 1 aliphatic carbocycles. The molecule has 100 valence electrons. The number of nitrogens with two attached hydrogens (primary N) is 1. The predicted octanol–water partition coefficient (Wildman–Crippen LogP) is 4.18. The van der Waals surface area contributed by atoms with E-state index in [9.17, 15) is 4.39 Å². The molecule has 0 aromatic heterocycles. The molecule has 0 bridgehead atoms. The lowest BCUT2D eigenvalue weighted by molar-refractivity contribution is 0.163. The second kappa shape index (κ2) is 5.58. The van der Waals surface area contributed by atoms with Gasteiger partial charge in [-0.2, -0.15) is 0 Å². The maximum Gasteiger partial charge on any atom is 0.124 e. The lowest BCUT2D eigenvalue weighted by Gasteiger charge is -2.39. The fraction of sp³-hybridized carbons (Fsp3) is 0.600. The van der Waals surface area contributed by atoms with E-state index in [0.717, 1.165) is 30.7 Å². The highest BCUT2D eigenvalue weighted by Crippen LogP contribution is 2.41. The van der Waals surface area contributed by atoms with Crippen LogP contribution in [0.15, 0.2) is 18.2 Å². The summed E-state index contributed by atoms with van der Waals surface area (Å²) in [5.74, 6) is 0.524. The van der Waals surface area contributed by atoms with Gasteiger partial charge in [-0.15, -0.1) is 0 Å². The molecule has 18 heavy (non-hydrogen) atoms. The summed E-state index contributed by atoms with van der Waals surface area (Å²) in [6.07, 6.45) is 5.64. The lowest BCUT2D eigenvalue weighted by atomic mass is 9.68. The maximum absolute atomic E-state index is 13.0. The molecule has 2 rings (SSSR count). The van der Waals surface area contributed by atoms with E-state index in [-0.39, 0.29) is 11.2 Å². The van der Waals surface area contributed by atoms with Gasteiger partial charge in [0.15, 0.2) is 0 Å². The van der Waals surface area contributed by atoms with Crippen LogP contribution in [0.5, 0.6) is 0 Å². The molecule has 1 aliphatic rings. The highest BCUT2D eigenvalue weighted by Gasteiger charge is 2.33. The molecule has 1 aromatic carbocycles. The topological polar surface area (TPSA) is 26.0 Å². The van der Waals surface area contributed by atoms with Crippen molar-refractivity contribution in [2.45, 2.75) is 39.0 Å². The van der Waals surface area contributed by atoms with E-state index in [4.69, 9.17) is 17.3 Å². The van der Waals surface area contributed by atoms with Crippen molar-refractivity contribution < 1.29 is 4.39 Å². The Kier molecular flexibility index (Phi) is 4.29. The first-order chi connectivity index (χ1) is 8.54. The molecule has 0 spiro atoms. The van der Waals surface area contributed by atoms with Crippen LogP contribution >= 0.6 is 11.6 Å². The fourth-order valence-corrected chi connectivity index (χ4v) is 3.13. The fourth-order valence-electron chi connectivity index (χ4n) is 2.90. The number of benzene rings is 1. The molecule has 0 aliphatic heterocycles. The zero-order valence-corrected chi connectivity index (χ0v) is 11.6. The van der Waals surface area contributed by atoms with Crippen LogP contribution in [0.25, 0.3) is 0 Å². The zero-order valence-electron chi connectivity index (χ0n) is 10.9. The van der Waals surface area contributed by atoms with Gasteiger partial charge < -0.3 is 5.73 Å². The third kappa shape index (κ3) is 3.04. The summed E-state index contributed by atoms with van der Waals surface area (Å²) in [4.78, 5) is 0. The Morgan fingerprint density at radius 3 is 2.61 bits per heavy atom. The standard InChI is InChI=1S/C15H21ClFN/c1-11-4-6-15(10-18,7-5-11)9-12-2-3-13(17)8-14(12)16/h2-3,8,11H,4-7,9-10,18H2,1H3. The minimum absolute atomic E-state index is 0.161. The van der Waals surface area contributed by atoms with E-state index in [1.807, 2.05) is 0 Å². The smallest absolute Gasteiger partial charge is 0.124 e. The average molecular weight is 270 g/mol. The van der Waals surface area contributed by atoms with Crippen LogP contribution in [-0.2, 0) is 6.42 Å². The molecule has 1 saturated carbocycles. The van der Waals surface area contributed by atoms with Crippen molar-refractivity contribution in [3.8, 4) is 0 Å². The molecule has 1 fully saturated rings. The van der Waals surface area contributed by atoms with Gasteiger partial charge in [0.25, 0.3) is 0 Å². The van der Waals surface area contributed by atoms with Crippen LogP contribution in [0.1, 0.15) is 38.2 Å². The molecule has 1 aromatic rings. The Bertz CT molecular complexity index is 411. The van der Waals surface area contributed by atoms with Gasteiger partial charge in [0.2, 0.25) is 0 Å². The van der Waals surface area contributed by atoms with Crippen molar-refractivity contribution in [3.05, 3.63) is 34.6 Å². The minimum Gasteiger partial charge on any atom is -0.330 e. The van der Waals surface area contributed by atoms with E-state index in [2.05, 4.69) is 6.92 Å². The normalized spacial score (nSPS) is 28.3. The molecule has 0 amide bonds. The number of hydrogen-bond donors (Lipinski definition) is 1. The third-order valence-corrected chi connectivity index (χ3v) is 4.70. The van der Waals surface area contributed by atoms with Crippen LogP contribution in [0.3, 0.4) is 0 Å². The summed E-state index contributed by atoms with van der Waals surface area (Å²) in [5.41, 5.74) is 7.18. The second-order valence-electron chi connectivity index (χ2n) is 5.80. The maximum atomic E-state index is 13.0. The first-order valence-electron chi connectivity index (χ1n) is 6.69. The van der Waals surface area contributed by atoms with Crippen LogP contribution < -0.4 is 5.73 Å². The predicted molar refractivity (Wildman–Crippen MR) is 74.2 cm³/mol. The number of hydrogen-bond acceptors (Lipinski definition) is 1. The highest BCUT2D eigenvalue weighted by atomic mass is 35.5. The summed E-state index contributed by atoms with van der Waals surface area (Å²) in [6.45, 7) is 2.98. The molecular formula is C15H21ClFN. The minimum atomic E-state index is -0.275. The quantitative estimate of drug-likeness (QED) is 0.875. The molecule has 0 saturated heterocycles. The summed E-state index contributed by atoms with van der Waals surface area (Å²) in [6, 6.07) is 4.68. The molecule has 1 nitrogen and oxygen atoms in total. The van der Waals surface area contributed by atoms with Gasteiger partial charge >= 0.3 is 0 Å². The van der Waals surface area contributed by atoms with Crippen molar-refractivity contribution in [1.29, 1.82) is 0 Å². The van der Waals surface area contributed by atoms with E-state index in [1.165, 1.54) is 25.0 Å². The highest BCUT2D eigenvalue weighted by molar-refractivity contribution is 6.31. The Balaban J connectivity index is 2.15. The van der Waals surface area contributed by atoms with Crippen LogP contribution in [0, 0.1) is 17.2 Å². The van der Waals surface area contributed by atoms with Crippen molar-refractivity contribution >= 4 is 11.6 Å². The van der Waals surface area contributed by atoms with Crippen molar-refractivity contribution in [2.24, 2.45) is 17.1 Å². The zero-order chi connectivity index (χ0) is 13.2. The number of halogens is 2. The second-order valence-corrected chi connectivity index (χ2v) is 6.21. The molecule has 2 N–H and O–H groups in total. The van der Waals surface area contributed by atoms with E-state index in [0.29, 0.717) is 11.6 Å². The van der Waals surface area contributed by atoms with E-state index < -0.39 is 0 Å². The van der Waals surface area contributed by atoms with Crippen LogP contribution in [0.2, 0.25) is 5.02 Å². The van der Waals surface area contributed by atoms with Gasteiger partial charge in [0, 0.05) is 5.02 Å². The summed E-state index contributed by atoms with van der Waals surface area (Å²) >= 11 is 6.12. The van der Waals surface area contributed by atoms with Crippen LogP contribution in [0.4, 0.5) is 4.39 Å². The van der Waals surface area contributed by atoms with Crippen molar-refractivity contribution in [2.75, 3.05) is 6.54 Å². The van der Waals surface area contributed by atoms with E-state index >= 15 is 0 Å². The van der Waals surface area contributed by atoms with Gasteiger partial charge in [-0.3, -0.25) is 0 Å². The lowest BCUT2D eigenvalue weighted by Crippen LogP contribution is -2.36. The van der Waals surface area contributed by atoms with Crippen LogP contribution in [-0.4, -0.2) is 6.54 Å². The SMILES string of the molecule is CC1CCC(CN)(Cc2ccc(F)cc2Cl)CC1. The Labute approximate surface area is 114 Å². The monoisotopic (exact) mass is 269 g/mol. The first kappa shape index (κ1) is 13.8. The van der Waals surface area contributed by atoms with Crippen molar-refractivity contribution in [3.63, 3.8) is 0 Å². The first-order valence-corrected chi connectivity index (χ1v) is 7.06. The Hall–Kier alpha value is -0.600. The molecule has 0 radical (unpaired) electrons. The third-order valence-electron chi connectivity index (χ3n) is 4.35. The molecule has 0 unspecified atom stereocenters. The summed E-state index contributed by atoms with van der Waals surface area (Å²) in [5, 5.41) is 0.529. The molecule has 3 heteroatoms. The molecule has 0 atom stereocenters.